The molecule has 1 aromatic rings. The smallest absolute Gasteiger partial charge is 0.387 e. The van der Waals surface area contributed by atoms with Gasteiger partial charge < -0.3 is 10.1 Å². The lowest BCUT2D eigenvalue weighted by Gasteiger charge is -2.54. The van der Waals surface area contributed by atoms with Crippen LogP contribution in [-0.2, 0) is 0 Å². The van der Waals surface area contributed by atoms with Gasteiger partial charge in [-0.15, -0.1) is 0 Å². The summed E-state index contributed by atoms with van der Waals surface area (Å²) in [6.45, 7) is -2.77. The van der Waals surface area contributed by atoms with Crippen molar-refractivity contribution in [3.05, 3.63) is 24.3 Å². The van der Waals surface area contributed by atoms with E-state index in [1.807, 2.05) is 12.1 Å². The molecule has 4 saturated carbocycles. The van der Waals surface area contributed by atoms with Crippen molar-refractivity contribution in [2.75, 3.05) is 5.32 Å². The molecular weight excluding hydrogens is 272 g/mol. The van der Waals surface area contributed by atoms with Crippen molar-refractivity contribution in [3.63, 3.8) is 0 Å². The normalized spacial score (nSPS) is 37.0. The van der Waals surface area contributed by atoms with Crippen LogP contribution in [0.4, 0.5) is 14.5 Å². The maximum absolute atomic E-state index is 12.5. The van der Waals surface area contributed by atoms with Crippen molar-refractivity contribution in [1.29, 1.82) is 0 Å². The van der Waals surface area contributed by atoms with Gasteiger partial charge in [-0.25, -0.2) is 0 Å². The summed E-state index contributed by atoms with van der Waals surface area (Å²) in [5, 5.41) is 3.54. The van der Waals surface area contributed by atoms with E-state index in [-0.39, 0.29) is 5.75 Å². The summed E-state index contributed by atoms with van der Waals surface area (Å²) < 4.78 is 29.7. The van der Waals surface area contributed by atoms with Crippen molar-refractivity contribution in [1.82, 2.24) is 0 Å². The Morgan fingerprint density at radius 2 is 1.57 bits per heavy atom. The van der Waals surface area contributed by atoms with Crippen LogP contribution in [0.2, 0.25) is 0 Å². The third-order valence-electron chi connectivity index (χ3n) is 5.65. The van der Waals surface area contributed by atoms with Crippen LogP contribution in [-0.4, -0.2) is 12.7 Å². The third-order valence-corrected chi connectivity index (χ3v) is 5.65. The van der Waals surface area contributed by atoms with Gasteiger partial charge in [-0.2, -0.15) is 8.78 Å². The van der Waals surface area contributed by atoms with Crippen LogP contribution in [0.3, 0.4) is 0 Å². The summed E-state index contributed by atoms with van der Waals surface area (Å²) in [5.41, 5.74) is 0.718. The van der Waals surface area contributed by atoms with Gasteiger partial charge in [0.05, 0.1) is 5.69 Å². The summed E-state index contributed by atoms with van der Waals surface area (Å²) in [5.74, 6) is 3.51. The first-order valence-electron chi connectivity index (χ1n) is 7.99. The summed E-state index contributed by atoms with van der Waals surface area (Å²) in [4.78, 5) is 0. The molecule has 114 valence electrons. The van der Waals surface area contributed by atoms with E-state index in [0.29, 0.717) is 17.9 Å². The maximum atomic E-state index is 12.5. The number of rotatable bonds is 4. The van der Waals surface area contributed by atoms with Crippen molar-refractivity contribution in [2.24, 2.45) is 23.7 Å². The number of alkyl halides is 2. The first-order chi connectivity index (χ1) is 10.2. The summed E-state index contributed by atoms with van der Waals surface area (Å²) in [6, 6.07) is 7.50. The van der Waals surface area contributed by atoms with Gasteiger partial charge in [-0.3, -0.25) is 0 Å². The molecule has 21 heavy (non-hydrogen) atoms. The Morgan fingerprint density at radius 3 is 2.19 bits per heavy atom. The summed E-state index contributed by atoms with van der Waals surface area (Å²) >= 11 is 0. The molecular formula is C17H21F2NO. The number of halogens is 2. The van der Waals surface area contributed by atoms with Crippen molar-refractivity contribution in [2.45, 2.75) is 44.8 Å². The molecule has 0 aliphatic heterocycles. The monoisotopic (exact) mass is 293 g/mol. The van der Waals surface area contributed by atoms with Gasteiger partial charge in [-0.05, 0) is 67.9 Å². The molecule has 0 unspecified atom stereocenters. The van der Waals surface area contributed by atoms with Crippen LogP contribution >= 0.6 is 0 Å². The molecule has 4 aliphatic rings. The molecule has 2 nitrogen and oxygen atoms in total. The second kappa shape index (κ2) is 5.15. The topological polar surface area (TPSA) is 21.3 Å². The van der Waals surface area contributed by atoms with Crippen LogP contribution in [0.5, 0.6) is 5.75 Å². The van der Waals surface area contributed by atoms with Gasteiger partial charge in [0.15, 0.2) is 0 Å². The number of para-hydroxylation sites is 2. The first kappa shape index (κ1) is 13.4. The van der Waals surface area contributed by atoms with E-state index in [9.17, 15) is 8.78 Å². The zero-order valence-electron chi connectivity index (χ0n) is 12.0. The van der Waals surface area contributed by atoms with Crippen LogP contribution in [0.25, 0.3) is 0 Å². The molecule has 0 radical (unpaired) electrons. The molecule has 4 aliphatic carbocycles. The minimum atomic E-state index is -2.77. The highest BCUT2D eigenvalue weighted by Gasteiger charge is 2.48. The van der Waals surface area contributed by atoms with Gasteiger partial charge >= 0.3 is 6.61 Å². The minimum absolute atomic E-state index is 0.265. The highest BCUT2D eigenvalue weighted by molar-refractivity contribution is 5.57. The number of hydrogen-bond donors (Lipinski definition) is 1. The molecule has 1 aromatic carbocycles. The van der Waals surface area contributed by atoms with Crippen molar-refractivity contribution in [3.8, 4) is 5.75 Å². The zero-order valence-corrected chi connectivity index (χ0v) is 12.0. The van der Waals surface area contributed by atoms with Crippen LogP contribution in [0.15, 0.2) is 24.3 Å². The first-order valence-corrected chi connectivity index (χ1v) is 7.99. The maximum Gasteiger partial charge on any atom is 0.387 e. The largest absolute Gasteiger partial charge is 0.433 e. The molecule has 0 spiro atoms. The van der Waals surface area contributed by atoms with E-state index in [1.54, 1.807) is 12.1 Å². The average Bonchev–Trinajstić information content (AvgIpc) is 2.43. The fraction of sp³-hybridized carbons (Fsp3) is 0.647. The molecule has 0 heterocycles. The Hall–Kier alpha value is -1.32. The fourth-order valence-electron chi connectivity index (χ4n) is 5.13. The lowest BCUT2D eigenvalue weighted by Crippen LogP contribution is -2.51. The Kier molecular flexibility index (Phi) is 3.27. The molecule has 0 saturated heterocycles. The zero-order chi connectivity index (χ0) is 14.4. The number of anilines is 1. The van der Waals surface area contributed by atoms with E-state index in [4.69, 9.17) is 0 Å². The second-order valence-corrected chi connectivity index (χ2v) is 6.98. The van der Waals surface area contributed by atoms with E-state index < -0.39 is 6.61 Å². The fourth-order valence-corrected chi connectivity index (χ4v) is 5.13. The standard InChI is InChI=1S/C17H21F2NO/c18-17(19)21-15-4-2-1-3-14(15)20-16-12-6-10-5-11(8-12)9-13(16)7-10/h1-4,10-13,16-17,20H,5-9H2. The SMILES string of the molecule is FC(F)Oc1ccccc1NC1C2CC3CC(C2)CC1C3. The lowest BCUT2D eigenvalue weighted by molar-refractivity contribution is -0.0495. The third kappa shape index (κ3) is 2.49. The number of hydrogen-bond acceptors (Lipinski definition) is 2. The molecule has 4 heteroatoms. The second-order valence-electron chi connectivity index (χ2n) is 6.98. The Labute approximate surface area is 123 Å². The van der Waals surface area contributed by atoms with Crippen LogP contribution in [0.1, 0.15) is 32.1 Å². The van der Waals surface area contributed by atoms with Gasteiger partial charge in [0.1, 0.15) is 5.75 Å². The molecule has 5 rings (SSSR count). The van der Waals surface area contributed by atoms with Gasteiger partial charge in [0.2, 0.25) is 0 Å². The van der Waals surface area contributed by atoms with E-state index in [1.165, 1.54) is 32.1 Å². The minimum Gasteiger partial charge on any atom is -0.433 e. The predicted octanol–water partition coefficient (Wildman–Crippen LogP) is 4.52. The Balaban J connectivity index is 1.54. The summed E-state index contributed by atoms with van der Waals surface area (Å²) in [6.07, 6.45) is 6.65. The Morgan fingerprint density at radius 1 is 0.952 bits per heavy atom. The Bertz CT molecular complexity index is 491. The van der Waals surface area contributed by atoms with E-state index >= 15 is 0 Å². The van der Waals surface area contributed by atoms with Gasteiger partial charge in [0, 0.05) is 6.04 Å². The van der Waals surface area contributed by atoms with Crippen LogP contribution < -0.4 is 10.1 Å². The number of ether oxygens (including phenoxy) is 1. The number of nitrogens with one attached hydrogen (secondary N) is 1. The molecule has 4 bridgehead atoms. The van der Waals surface area contributed by atoms with Gasteiger partial charge in [-0.1, -0.05) is 12.1 Å². The van der Waals surface area contributed by atoms with E-state index in [2.05, 4.69) is 10.1 Å². The quantitative estimate of drug-likeness (QED) is 0.881. The van der Waals surface area contributed by atoms with Crippen molar-refractivity contribution < 1.29 is 13.5 Å². The number of benzene rings is 1. The molecule has 0 amide bonds. The van der Waals surface area contributed by atoms with Crippen LogP contribution in [0, 0.1) is 23.7 Å². The average molecular weight is 293 g/mol. The molecule has 4 fully saturated rings. The predicted molar refractivity (Wildman–Crippen MR) is 77.5 cm³/mol. The highest BCUT2D eigenvalue weighted by atomic mass is 19.3. The lowest BCUT2D eigenvalue weighted by atomic mass is 9.54. The molecule has 1 N–H and O–H groups in total. The molecule has 0 aromatic heterocycles. The highest BCUT2D eigenvalue weighted by Crippen LogP contribution is 2.54. The van der Waals surface area contributed by atoms with E-state index in [0.717, 1.165) is 17.5 Å². The van der Waals surface area contributed by atoms with Crippen molar-refractivity contribution >= 4 is 5.69 Å². The summed E-state index contributed by atoms with van der Waals surface area (Å²) in [7, 11) is 0. The molecule has 0 atom stereocenters. The van der Waals surface area contributed by atoms with Gasteiger partial charge in [0.25, 0.3) is 0 Å².